The number of aliphatic hydroxyl groups is 6. The zero-order valence-corrected chi connectivity index (χ0v) is 42.5. The van der Waals surface area contributed by atoms with E-state index in [-0.39, 0.29) is 94.5 Å². The van der Waals surface area contributed by atoms with Gasteiger partial charge in [-0.2, -0.15) is 0 Å². The van der Waals surface area contributed by atoms with Gasteiger partial charge in [-0.1, -0.05) is 73.7 Å². The molecular formula is C57H64N4O15. The molecule has 402 valence electrons. The summed E-state index contributed by atoms with van der Waals surface area (Å²) in [7, 11) is 0. The zero-order chi connectivity index (χ0) is 54.8. The van der Waals surface area contributed by atoms with Gasteiger partial charge in [-0.05, 0) is 91.3 Å². The number of esters is 1. The standard InChI is InChI=1S/C57H64N4O15/c1-4-31-18-19-56(70,26-31)42-13-6-10-34(41(42)28-63)24-40-48(66)47-46-39(51(40)76-54-53(73-21-20-61-55(59)60)57(71,72)52(69)29(2)74-54)12-7-11-36(58)15-16-37(65)23-33-9-5-8-32(22-33)14-17-38-43(75-30(3)64)25-35(27-62)44(49(47)67)45(38)50(46)68/h5-6,8-10,13-14,17,22,25,28-29,31,36-37,52-54,62,65-66,69-72H,4,12,15-16,18-21,23-24,26-27,58H2,1-3H3,(H4,59,60,61). The first-order chi connectivity index (χ1) is 36.2. The van der Waals surface area contributed by atoms with E-state index in [1.54, 1.807) is 36.4 Å². The fraction of sp³-hybridized carbons (Fsp3) is 0.421. The Bertz CT molecular complexity index is 3060. The van der Waals surface area contributed by atoms with Crippen LogP contribution >= 0.6 is 0 Å². The number of aliphatic hydroxyl groups excluding tert-OH is 3. The van der Waals surface area contributed by atoms with Gasteiger partial charge in [0.05, 0.1) is 49.2 Å². The van der Waals surface area contributed by atoms with E-state index in [0.29, 0.717) is 36.7 Å². The third-order valence-electron chi connectivity index (χ3n) is 14.8. The summed E-state index contributed by atoms with van der Waals surface area (Å²) in [4.78, 5) is 61.4. The van der Waals surface area contributed by atoms with E-state index in [2.05, 4.69) is 16.8 Å². The Kier molecular flexibility index (Phi) is 16.6. The van der Waals surface area contributed by atoms with E-state index in [1.807, 2.05) is 19.1 Å². The van der Waals surface area contributed by atoms with E-state index >= 15 is 9.59 Å². The summed E-state index contributed by atoms with van der Waals surface area (Å²) < 4.78 is 24.4. The third kappa shape index (κ3) is 11.0. The monoisotopic (exact) mass is 1040 g/mol. The predicted molar refractivity (Wildman–Crippen MR) is 277 cm³/mol. The van der Waals surface area contributed by atoms with Gasteiger partial charge >= 0.3 is 5.97 Å². The van der Waals surface area contributed by atoms with Gasteiger partial charge in [0.1, 0.15) is 23.4 Å². The van der Waals surface area contributed by atoms with Crippen LogP contribution in [0.2, 0.25) is 0 Å². The number of rotatable bonds is 13. The molecule has 1 heterocycles. The average molecular weight is 1050 g/mol. The number of guanidine groups is 1. The first-order valence-corrected chi connectivity index (χ1v) is 25.3. The van der Waals surface area contributed by atoms with Crippen LogP contribution in [0, 0.1) is 17.8 Å². The third-order valence-corrected chi connectivity index (χ3v) is 14.8. The number of ketones is 2. The van der Waals surface area contributed by atoms with Crippen molar-refractivity contribution in [1.82, 2.24) is 0 Å². The summed E-state index contributed by atoms with van der Waals surface area (Å²) in [6.45, 7) is 3.06. The van der Waals surface area contributed by atoms with Crippen LogP contribution in [0.1, 0.15) is 146 Å². The lowest BCUT2D eigenvalue weighted by Crippen LogP contribution is -2.67. The van der Waals surface area contributed by atoms with Crippen molar-refractivity contribution in [2.45, 2.75) is 133 Å². The highest BCUT2D eigenvalue weighted by Crippen LogP contribution is 2.50. The second-order valence-corrected chi connectivity index (χ2v) is 20.0. The molecule has 1 aliphatic heterocycles. The quantitative estimate of drug-likeness (QED) is 0.0118. The van der Waals surface area contributed by atoms with Gasteiger partial charge in [0.15, 0.2) is 29.9 Å². The Balaban J connectivity index is 1.44. The molecule has 4 aromatic rings. The number of carbonyl (C=O) groups excluding carboxylic acids is 4. The Hall–Kier alpha value is -6.83. The highest BCUT2D eigenvalue weighted by Gasteiger charge is 2.56. The van der Waals surface area contributed by atoms with E-state index in [4.69, 9.17) is 36.1 Å². The van der Waals surface area contributed by atoms with Gasteiger partial charge in [0.2, 0.25) is 12.1 Å². The minimum atomic E-state index is -3.11. The summed E-state index contributed by atoms with van der Waals surface area (Å²) in [6.07, 6.45) is -2.36. The van der Waals surface area contributed by atoms with Crippen molar-refractivity contribution < 1.29 is 73.9 Å². The highest BCUT2D eigenvalue weighted by molar-refractivity contribution is 6.32. The number of carbonyl (C=O) groups is 4. The molecule has 4 bridgehead atoms. The molecule has 4 aromatic carbocycles. The number of aliphatic imine (C=N–C) groups is 1. The molecule has 0 radical (unpaired) electrons. The predicted octanol–water partition coefficient (Wildman–Crippen LogP) is 2.95. The van der Waals surface area contributed by atoms with E-state index in [9.17, 15) is 45.3 Å². The molecule has 2 fully saturated rings. The van der Waals surface area contributed by atoms with Crippen LogP contribution in [-0.4, -0.2) is 121 Å². The van der Waals surface area contributed by atoms with Gasteiger partial charge in [-0.15, -0.1) is 0 Å². The topological polar surface area (TPSA) is 337 Å². The van der Waals surface area contributed by atoms with Crippen LogP contribution < -0.4 is 26.7 Å². The number of hydrogen-bond acceptors (Lipinski definition) is 17. The molecule has 8 unspecified atom stereocenters. The van der Waals surface area contributed by atoms with Crippen molar-refractivity contribution in [2.24, 2.45) is 28.1 Å². The average Bonchev–Trinajstić information content (AvgIpc) is 3.78. The molecular weight excluding hydrogens is 981 g/mol. The maximum atomic E-state index is 15.9. The lowest BCUT2D eigenvalue weighted by Gasteiger charge is -2.46. The Morgan fingerprint density at radius 2 is 1.72 bits per heavy atom. The highest BCUT2D eigenvalue weighted by atomic mass is 16.7. The number of benzene rings is 4. The van der Waals surface area contributed by atoms with Crippen molar-refractivity contribution in [3.05, 3.63) is 121 Å². The second kappa shape index (κ2) is 22.8. The van der Waals surface area contributed by atoms with Crippen LogP contribution in [0.25, 0.3) is 12.2 Å². The SMILES string of the molecule is CCC1CCC(O)(c2cccc(Cc3c(O)c4c5c(c3OC3OC(C)C(O)C(O)(O)C3OCCN=C(N)N)CC#CC(N)CCC(O)Cc3cccc(c3)C=Cc3c(OC(C)=O)cc(CO)c(c3C5=O)C4=O)c2C=O)C1. The minimum absolute atomic E-state index is 0.0522. The molecule has 3 aliphatic carbocycles. The Morgan fingerprint density at radius 1 is 0.974 bits per heavy atom. The van der Waals surface area contributed by atoms with Crippen LogP contribution in [0.4, 0.5) is 0 Å². The van der Waals surface area contributed by atoms with Gasteiger partial charge < -0.3 is 71.9 Å². The van der Waals surface area contributed by atoms with Crippen molar-refractivity contribution in [3.63, 3.8) is 0 Å². The molecule has 19 nitrogen and oxygen atoms in total. The summed E-state index contributed by atoms with van der Waals surface area (Å²) in [5.74, 6) is -1.31. The first kappa shape index (κ1) is 55.4. The minimum Gasteiger partial charge on any atom is -0.507 e. The number of aromatic hydroxyl groups is 1. The van der Waals surface area contributed by atoms with Crippen molar-refractivity contribution >= 4 is 41.9 Å². The van der Waals surface area contributed by atoms with Crippen LogP contribution in [0.5, 0.6) is 17.2 Å². The molecule has 8 atom stereocenters. The maximum Gasteiger partial charge on any atom is 0.308 e. The summed E-state index contributed by atoms with van der Waals surface area (Å²) >= 11 is 0. The smallest absolute Gasteiger partial charge is 0.308 e. The van der Waals surface area contributed by atoms with Gasteiger partial charge in [0, 0.05) is 58.7 Å². The summed E-state index contributed by atoms with van der Waals surface area (Å²) in [6, 6.07) is 12.5. The number of phenols is 1. The van der Waals surface area contributed by atoms with Gasteiger partial charge in [-0.3, -0.25) is 24.2 Å². The van der Waals surface area contributed by atoms with Crippen molar-refractivity contribution in [1.29, 1.82) is 0 Å². The van der Waals surface area contributed by atoms with E-state index < -0.39 is 108 Å². The molecule has 0 aromatic heterocycles. The fourth-order valence-electron chi connectivity index (χ4n) is 10.9. The van der Waals surface area contributed by atoms with Crippen LogP contribution in [-0.2, 0) is 45.7 Å². The van der Waals surface area contributed by atoms with Crippen molar-refractivity contribution in [2.75, 3.05) is 13.2 Å². The van der Waals surface area contributed by atoms with Gasteiger partial charge in [0.25, 0.3) is 0 Å². The van der Waals surface area contributed by atoms with Gasteiger partial charge in [-0.25, -0.2) is 0 Å². The summed E-state index contributed by atoms with van der Waals surface area (Å²) in [5.41, 5.74) is 16.0. The summed E-state index contributed by atoms with van der Waals surface area (Å²) in [5, 5.41) is 81.4. The number of hydrogen-bond donors (Lipinski definition) is 10. The first-order valence-electron chi connectivity index (χ1n) is 25.3. The van der Waals surface area contributed by atoms with Crippen LogP contribution in [0.3, 0.4) is 0 Å². The Labute approximate surface area is 439 Å². The fourth-order valence-corrected chi connectivity index (χ4v) is 10.9. The molecule has 1 saturated heterocycles. The lowest BCUT2D eigenvalue weighted by molar-refractivity contribution is -0.378. The number of fused-ring (bicyclic) bond motifs is 2. The number of nitrogens with two attached hydrogens (primary N) is 3. The molecule has 8 rings (SSSR count). The largest absolute Gasteiger partial charge is 0.507 e. The molecule has 4 aliphatic rings. The lowest BCUT2D eigenvalue weighted by atomic mass is 9.75. The second-order valence-electron chi connectivity index (χ2n) is 20.0. The molecule has 0 spiro atoms. The van der Waals surface area contributed by atoms with E-state index in [1.165, 1.54) is 19.1 Å². The van der Waals surface area contributed by atoms with Crippen LogP contribution in [0.15, 0.2) is 53.5 Å². The number of nitrogens with zero attached hydrogens (tertiary/aromatic N) is 1. The Morgan fingerprint density at radius 3 is 2.42 bits per heavy atom. The number of ether oxygens (including phenoxy) is 4. The molecule has 0 amide bonds. The molecule has 19 heteroatoms. The van der Waals surface area contributed by atoms with Crippen molar-refractivity contribution in [3.8, 4) is 29.1 Å². The normalized spacial score (nSPS) is 24.9. The zero-order valence-electron chi connectivity index (χ0n) is 42.5. The number of phenolic OH excluding ortho intramolecular Hbond substituents is 1. The maximum absolute atomic E-state index is 15.9. The number of aldehydes is 1. The van der Waals surface area contributed by atoms with E-state index in [0.717, 1.165) is 18.9 Å². The molecule has 13 N–H and O–H groups in total. The molecule has 76 heavy (non-hydrogen) atoms. The molecule has 1 saturated carbocycles.